The number of ether oxygens (including phenoxy) is 1. The summed E-state index contributed by atoms with van der Waals surface area (Å²) in [6, 6.07) is 5.33. The third-order valence-corrected chi connectivity index (χ3v) is 4.81. The number of fused-ring (bicyclic) bond motifs is 1. The molecular formula is C18H16F3N3O3. The molecule has 4 rings (SSSR count). The molecular weight excluding hydrogens is 363 g/mol. The van der Waals surface area contributed by atoms with Crippen molar-refractivity contribution in [3.63, 3.8) is 0 Å². The molecule has 4 atom stereocenters. The molecule has 0 bridgehead atoms. The van der Waals surface area contributed by atoms with Gasteiger partial charge in [0.1, 0.15) is 30.0 Å². The van der Waals surface area contributed by atoms with Crippen molar-refractivity contribution in [1.29, 1.82) is 0 Å². The van der Waals surface area contributed by atoms with Crippen LogP contribution < -0.4 is 0 Å². The maximum Gasteiger partial charge on any atom is 0.301 e. The molecule has 1 aliphatic rings. The van der Waals surface area contributed by atoms with Gasteiger partial charge in [-0.3, -0.25) is 0 Å². The fraction of sp³-hybridized carbons (Fsp3) is 0.333. The number of aromatic nitrogens is 3. The van der Waals surface area contributed by atoms with Crippen LogP contribution in [0.1, 0.15) is 17.5 Å². The van der Waals surface area contributed by atoms with Crippen LogP contribution in [0.25, 0.3) is 11.0 Å². The number of hydrogen-bond acceptors (Lipinski definition) is 5. The van der Waals surface area contributed by atoms with E-state index in [-0.39, 0.29) is 0 Å². The lowest BCUT2D eigenvalue weighted by Gasteiger charge is -2.25. The van der Waals surface area contributed by atoms with E-state index < -0.39 is 41.8 Å². The second kappa shape index (κ2) is 6.29. The minimum absolute atomic E-state index is 0.393. The molecule has 142 valence electrons. The van der Waals surface area contributed by atoms with Crippen molar-refractivity contribution in [3.05, 3.63) is 59.9 Å². The highest BCUT2D eigenvalue weighted by Crippen LogP contribution is 2.43. The predicted molar refractivity (Wildman–Crippen MR) is 88.5 cm³/mol. The Hall–Kier alpha value is -2.49. The van der Waals surface area contributed by atoms with Gasteiger partial charge in [0.25, 0.3) is 0 Å². The number of halogens is 3. The van der Waals surface area contributed by atoms with Gasteiger partial charge in [-0.1, -0.05) is 12.1 Å². The van der Waals surface area contributed by atoms with E-state index in [1.807, 2.05) is 0 Å². The summed E-state index contributed by atoms with van der Waals surface area (Å²) in [5.41, 5.74) is 0.556. The molecule has 1 aliphatic heterocycles. The van der Waals surface area contributed by atoms with E-state index in [0.717, 1.165) is 24.3 Å². The molecule has 2 aromatic heterocycles. The topological polar surface area (TPSA) is 80.4 Å². The van der Waals surface area contributed by atoms with Crippen LogP contribution in [0, 0.1) is 12.7 Å². The summed E-state index contributed by atoms with van der Waals surface area (Å²) in [5.74, 6) is -4.30. The molecule has 0 saturated carbocycles. The van der Waals surface area contributed by atoms with Crippen molar-refractivity contribution < 1.29 is 28.1 Å². The summed E-state index contributed by atoms with van der Waals surface area (Å²) < 4.78 is 49.5. The second-order valence-electron chi connectivity index (χ2n) is 6.48. The van der Waals surface area contributed by atoms with Crippen molar-refractivity contribution in [2.45, 2.75) is 37.4 Å². The Morgan fingerprint density at radius 1 is 1.07 bits per heavy atom. The van der Waals surface area contributed by atoms with Crippen molar-refractivity contribution in [2.24, 2.45) is 0 Å². The van der Waals surface area contributed by atoms with Crippen LogP contribution >= 0.6 is 0 Å². The van der Waals surface area contributed by atoms with Gasteiger partial charge in [0.05, 0.1) is 5.69 Å². The SMILES string of the molecule is Cc1ncnc2c1ccn2C1OC(C(F)(F)c2ccc(F)cc2)C(O)C1O. The summed E-state index contributed by atoms with van der Waals surface area (Å²) >= 11 is 0. The Balaban J connectivity index is 1.70. The zero-order valence-electron chi connectivity index (χ0n) is 14.1. The third-order valence-electron chi connectivity index (χ3n) is 4.81. The lowest BCUT2D eigenvalue weighted by atomic mass is 9.98. The molecule has 4 unspecified atom stereocenters. The van der Waals surface area contributed by atoms with Crippen LogP contribution in [-0.4, -0.2) is 43.1 Å². The van der Waals surface area contributed by atoms with E-state index in [0.29, 0.717) is 16.7 Å². The van der Waals surface area contributed by atoms with Gasteiger partial charge in [-0.25, -0.2) is 14.4 Å². The Bertz CT molecular complexity index is 977. The molecule has 1 saturated heterocycles. The van der Waals surface area contributed by atoms with Gasteiger partial charge in [0.2, 0.25) is 0 Å². The van der Waals surface area contributed by atoms with Crippen LogP contribution in [-0.2, 0) is 10.7 Å². The van der Waals surface area contributed by atoms with Crippen LogP contribution in [0.3, 0.4) is 0 Å². The molecule has 0 amide bonds. The van der Waals surface area contributed by atoms with E-state index >= 15 is 0 Å². The first-order valence-corrected chi connectivity index (χ1v) is 8.24. The number of alkyl halides is 2. The number of benzene rings is 1. The Morgan fingerprint density at radius 2 is 1.78 bits per heavy atom. The van der Waals surface area contributed by atoms with E-state index in [2.05, 4.69) is 9.97 Å². The fourth-order valence-corrected chi connectivity index (χ4v) is 3.33. The largest absolute Gasteiger partial charge is 0.387 e. The fourth-order valence-electron chi connectivity index (χ4n) is 3.33. The van der Waals surface area contributed by atoms with Crippen LogP contribution in [0.2, 0.25) is 0 Å². The Kier molecular flexibility index (Phi) is 4.17. The predicted octanol–water partition coefficient (Wildman–Crippen LogP) is 2.29. The summed E-state index contributed by atoms with van der Waals surface area (Å²) in [5, 5.41) is 21.3. The van der Waals surface area contributed by atoms with Crippen LogP contribution in [0.15, 0.2) is 42.9 Å². The number of hydrogen-bond donors (Lipinski definition) is 2. The van der Waals surface area contributed by atoms with Crippen LogP contribution in [0.5, 0.6) is 0 Å². The molecule has 9 heteroatoms. The molecule has 0 radical (unpaired) electrons. The summed E-state index contributed by atoms with van der Waals surface area (Å²) in [7, 11) is 0. The molecule has 0 spiro atoms. The number of aryl methyl sites for hydroxylation is 1. The second-order valence-corrected chi connectivity index (χ2v) is 6.48. The quantitative estimate of drug-likeness (QED) is 0.730. The zero-order chi connectivity index (χ0) is 19.3. The van der Waals surface area contributed by atoms with Gasteiger partial charge in [0.15, 0.2) is 12.3 Å². The highest BCUT2D eigenvalue weighted by atomic mass is 19.3. The van der Waals surface area contributed by atoms with Crippen molar-refractivity contribution in [1.82, 2.24) is 14.5 Å². The summed E-state index contributed by atoms with van der Waals surface area (Å²) in [6.45, 7) is 1.76. The maximum atomic E-state index is 14.9. The highest BCUT2D eigenvalue weighted by Gasteiger charge is 2.56. The molecule has 1 fully saturated rings. The molecule has 3 heterocycles. The molecule has 1 aromatic carbocycles. The van der Waals surface area contributed by atoms with Gasteiger partial charge >= 0.3 is 5.92 Å². The van der Waals surface area contributed by atoms with E-state index in [1.165, 1.54) is 17.1 Å². The van der Waals surface area contributed by atoms with E-state index in [1.54, 1.807) is 13.0 Å². The van der Waals surface area contributed by atoms with Gasteiger partial charge in [-0.15, -0.1) is 0 Å². The Labute approximate surface area is 151 Å². The number of rotatable bonds is 3. The molecule has 27 heavy (non-hydrogen) atoms. The first kappa shape index (κ1) is 17.9. The number of aliphatic hydroxyl groups excluding tert-OH is 2. The van der Waals surface area contributed by atoms with Gasteiger partial charge < -0.3 is 19.5 Å². The molecule has 2 N–H and O–H groups in total. The Morgan fingerprint density at radius 3 is 2.48 bits per heavy atom. The lowest BCUT2D eigenvalue weighted by molar-refractivity contribution is -0.169. The first-order valence-electron chi connectivity index (χ1n) is 8.24. The van der Waals surface area contributed by atoms with E-state index in [9.17, 15) is 23.4 Å². The van der Waals surface area contributed by atoms with Crippen molar-refractivity contribution in [3.8, 4) is 0 Å². The van der Waals surface area contributed by atoms with Crippen molar-refractivity contribution >= 4 is 11.0 Å². The average molecular weight is 379 g/mol. The highest BCUT2D eigenvalue weighted by molar-refractivity contribution is 5.78. The smallest absolute Gasteiger partial charge is 0.301 e. The lowest BCUT2D eigenvalue weighted by Crippen LogP contribution is -2.41. The molecule has 6 nitrogen and oxygen atoms in total. The number of aliphatic hydroxyl groups is 2. The summed E-state index contributed by atoms with van der Waals surface area (Å²) in [4.78, 5) is 8.17. The monoisotopic (exact) mass is 379 g/mol. The van der Waals surface area contributed by atoms with Crippen LogP contribution in [0.4, 0.5) is 13.2 Å². The normalized spacial score (nSPS) is 26.0. The minimum Gasteiger partial charge on any atom is -0.387 e. The van der Waals surface area contributed by atoms with E-state index in [4.69, 9.17) is 4.74 Å². The zero-order valence-corrected chi connectivity index (χ0v) is 14.1. The van der Waals surface area contributed by atoms with Crippen molar-refractivity contribution in [2.75, 3.05) is 0 Å². The standard InChI is InChI=1S/C18H16F3N3O3/c1-9-12-6-7-24(16(12)23-8-22-9)17-14(26)13(25)15(27-17)18(20,21)10-2-4-11(19)5-3-10/h2-8,13-15,17,25-26H,1H3. The average Bonchev–Trinajstić information content (AvgIpc) is 3.19. The first-order chi connectivity index (χ1) is 12.8. The molecule has 0 aliphatic carbocycles. The summed E-state index contributed by atoms with van der Waals surface area (Å²) in [6.07, 6.45) is -3.88. The third kappa shape index (κ3) is 2.78. The van der Waals surface area contributed by atoms with Gasteiger partial charge in [0, 0.05) is 17.1 Å². The molecule has 3 aromatic rings. The maximum absolute atomic E-state index is 14.9. The van der Waals surface area contributed by atoms with Gasteiger partial charge in [-0.05, 0) is 25.1 Å². The van der Waals surface area contributed by atoms with Gasteiger partial charge in [-0.2, -0.15) is 8.78 Å². The number of nitrogens with zero attached hydrogens (tertiary/aromatic N) is 3. The minimum atomic E-state index is -3.64.